The molecule has 0 aliphatic carbocycles. The van der Waals surface area contributed by atoms with E-state index in [0.29, 0.717) is 5.69 Å². The van der Waals surface area contributed by atoms with Crippen molar-refractivity contribution in [3.63, 3.8) is 0 Å². The topological polar surface area (TPSA) is 94.4 Å². The number of nitro groups is 1. The lowest BCUT2D eigenvalue weighted by atomic mass is 10.1. The summed E-state index contributed by atoms with van der Waals surface area (Å²) in [6, 6.07) is 7.43. The second kappa shape index (κ2) is 6.00. The van der Waals surface area contributed by atoms with Gasteiger partial charge < -0.3 is 10.1 Å². The maximum Gasteiger partial charge on any atom is 0.310 e. The van der Waals surface area contributed by atoms with Crippen LogP contribution in [0.15, 0.2) is 36.5 Å². The molecule has 1 amide bonds. The molecule has 1 heterocycles. The number of carbonyl (C=O) groups is 1. The molecule has 0 unspecified atom stereocenters. The van der Waals surface area contributed by atoms with E-state index < -0.39 is 10.8 Å². The van der Waals surface area contributed by atoms with Crippen LogP contribution in [0.2, 0.25) is 0 Å². The largest absolute Gasteiger partial charge is 0.490 e. The third kappa shape index (κ3) is 3.33. The molecule has 7 heteroatoms. The third-order valence-corrected chi connectivity index (χ3v) is 2.81. The first kappa shape index (κ1) is 14.4. The van der Waals surface area contributed by atoms with Gasteiger partial charge in [-0.2, -0.15) is 0 Å². The molecule has 1 aromatic carbocycles. The smallest absolute Gasteiger partial charge is 0.310 e. The van der Waals surface area contributed by atoms with Gasteiger partial charge >= 0.3 is 5.69 Å². The minimum Gasteiger partial charge on any atom is -0.490 e. The Morgan fingerprint density at radius 1 is 1.33 bits per heavy atom. The molecular formula is C14H13N3O4. The lowest BCUT2D eigenvalue weighted by Crippen LogP contribution is -2.12. The number of hydrogen-bond acceptors (Lipinski definition) is 5. The van der Waals surface area contributed by atoms with Crippen LogP contribution >= 0.6 is 0 Å². The minimum absolute atomic E-state index is 0.0367. The summed E-state index contributed by atoms with van der Waals surface area (Å²) in [6.07, 6.45) is 1.54. The molecule has 1 aromatic heterocycles. The zero-order valence-electron chi connectivity index (χ0n) is 11.5. The number of pyridine rings is 1. The summed E-state index contributed by atoms with van der Waals surface area (Å²) < 4.78 is 4.93. The van der Waals surface area contributed by atoms with E-state index in [2.05, 4.69) is 10.3 Å². The van der Waals surface area contributed by atoms with Crippen LogP contribution in [0, 0.1) is 17.0 Å². The average Bonchev–Trinajstić information content (AvgIpc) is 2.48. The number of anilines is 1. The van der Waals surface area contributed by atoms with Crippen LogP contribution < -0.4 is 10.1 Å². The van der Waals surface area contributed by atoms with Gasteiger partial charge in [0.25, 0.3) is 5.91 Å². The molecule has 2 aromatic rings. The molecule has 0 spiro atoms. The Kier molecular flexibility index (Phi) is 4.13. The number of nitrogens with zero attached hydrogens (tertiary/aromatic N) is 2. The third-order valence-electron chi connectivity index (χ3n) is 2.81. The highest BCUT2D eigenvalue weighted by Crippen LogP contribution is 2.27. The van der Waals surface area contributed by atoms with Crippen molar-refractivity contribution in [3.8, 4) is 5.75 Å². The van der Waals surface area contributed by atoms with E-state index in [-0.39, 0.29) is 17.0 Å². The van der Waals surface area contributed by atoms with E-state index in [4.69, 9.17) is 4.74 Å². The molecule has 108 valence electrons. The van der Waals surface area contributed by atoms with E-state index in [1.54, 1.807) is 12.1 Å². The number of nitro benzene ring substituents is 1. The van der Waals surface area contributed by atoms with E-state index in [9.17, 15) is 14.9 Å². The summed E-state index contributed by atoms with van der Waals surface area (Å²) in [6.45, 7) is 1.84. The van der Waals surface area contributed by atoms with Crippen molar-refractivity contribution in [2.45, 2.75) is 6.92 Å². The van der Waals surface area contributed by atoms with Gasteiger partial charge in [-0.05, 0) is 25.1 Å². The molecule has 0 atom stereocenters. The number of carbonyl (C=O) groups excluding carboxylic acids is 1. The number of aromatic nitrogens is 1. The van der Waals surface area contributed by atoms with Gasteiger partial charge in [0.05, 0.1) is 23.9 Å². The molecule has 0 aliphatic rings. The Bertz CT molecular complexity index is 683. The summed E-state index contributed by atoms with van der Waals surface area (Å²) in [7, 11) is 1.31. The fourth-order valence-corrected chi connectivity index (χ4v) is 1.71. The van der Waals surface area contributed by atoms with Gasteiger partial charge in [-0.1, -0.05) is 0 Å². The Balaban J connectivity index is 2.23. The van der Waals surface area contributed by atoms with Gasteiger partial charge in [0.15, 0.2) is 5.75 Å². The lowest BCUT2D eigenvalue weighted by Gasteiger charge is -2.07. The Labute approximate surface area is 120 Å². The van der Waals surface area contributed by atoms with Crippen LogP contribution in [0.25, 0.3) is 0 Å². The second-order valence-corrected chi connectivity index (χ2v) is 4.29. The van der Waals surface area contributed by atoms with Gasteiger partial charge in [-0.3, -0.25) is 19.9 Å². The van der Waals surface area contributed by atoms with E-state index >= 15 is 0 Å². The molecule has 0 saturated carbocycles. The van der Waals surface area contributed by atoms with Crippen LogP contribution in [0.3, 0.4) is 0 Å². The van der Waals surface area contributed by atoms with E-state index in [1.165, 1.54) is 31.5 Å². The summed E-state index contributed by atoms with van der Waals surface area (Å²) in [5.41, 5.74) is 1.46. The van der Waals surface area contributed by atoms with Gasteiger partial charge in [0, 0.05) is 23.4 Å². The van der Waals surface area contributed by atoms with Gasteiger partial charge in [0.1, 0.15) is 0 Å². The van der Waals surface area contributed by atoms with Gasteiger partial charge in [0.2, 0.25) is 0 Å². The number of aryl methyl sites for hydroxylation is 1. The second-order valence-electron chi connectivity index (χ2n) is 4.29. The SMILES string of the molecule is COc1cc(C(=O)Nc2ccc(C)nc2)ccc1[N+](=O)[O-]. The van der Waals surface area contributed by atoms with Gasteiger partial charge in [-0.15, -0.1) is 0 Å². The summed E-state index contributed by atoms with van der Waals surface area (Å²) in [4.78, 5) is 26.4. The molecule has 2 rings (SSSR count). The quantitative estimate of drug-likeness (QED) is 0.688. The zero-order chi connectivity index (χ0) is 15.4. The van der Waals surface area contributed by atoms with Crippen molar-refractivity contribution in [1.82, 2.24) is 4.98 Å². The number of nitrogens with one attached hydrogen (secondary N) is 1. The lowest BCUT2D eigenvalue weighted by molar-refractivity contribution is -0.385. The minimum atomic E-state index is -0.565. The van der Waals surface area contributed by atoms with Crippen molar-refractivity contribution < 1.29 is 14.5 Å². The highest BCUT2D eigenvalue weighted by molar-refractivity contribution is 6.04. The molecular weight excluding hydrogens is 274 g/mol. The summed E-state index contributed by atoms with van der Waals surface area (Å²) >= 11 is 0. The fourth-order valence-electron chi connectivity index (χ4n) is 1.71. The van der Waals surface area contributed by atoms with Crippen LogP contribution in [-0.2, 0) is 0 Å². The van der Waals surface area contributed by atoms with Crippen molar-refractivity contribution in [2.75, 3.05) is 12.4 Å². The first-order chi connectivity index (χ1) is 10.0. The molecule has 0 bridgehead atoms. The standard InChI is InChI=1S/C14H13N3O4/c1-9-3-5-11(8-15-9)16-14(18)10-4-6-12(17(19)20)13(7-10)21-2/h3-8H,1-2H3,(H,16,18). The molecule has 0 fully saturated rings. The highest BCUT2D eigenvalue weighted by Gasteiger charge is 2.17. The van der Waals surface area contributed by atoms with Crippen molar-refractivity contribution in [2.24, 2.45) is 0 Å². The van der Waals surface area contributed by atoms with Crippen molar-refractivity contribution >= 4 is 17.3 Å². The van der Waals surface area contributed by atoms with Crippen LogP contribution in [0.1, 0.15) is 16.1 Å². The van der Waals surface area contributed by atoms with Crippen molar-refractivity contribution in [3.05, 3.63) is 57.9 Å². The number of ether oxygens (including phenoxy) is 1. The van der Waals surface area contributed by atoms with E-state index in [1.807, 2.05) is 6.92 Å². The summed E-state index contributed by atoms with van der Waals surface area (Å²) in [5, 5.41) is 13.5. The average molecular weight is 287 g/mol. The first-order valence-corrected chi connectivity index (χ1v) is 6.07. The van der Waals surface area contributed by atoms with Crippen LogP contribution in [0.5, 0.6) is 5.75 Å². The molecule has 0 saturated heterocycles. The number of methoxy groups -OCH3 is 1. The summed E-state index contributed by atoms with van der Waals surface area (Å²) in [5.74, 6) is -0.358. The van der Waals surface area contributed by atoms with Crippen LogP contribution in [-0.4, -0.2) is 22.9 Å². The monoisotopic (exact) mass is 287 g/mol. The number of rotatable bonds is 4. The maximum atomic E-state index is 12.1. The fraction of sp³-hybridized carbons (Fsp3) is 0.143. The predicted octanol–water partition coefficient (Wildman–Crippen LogP) is 2.56. The molecule has 0 radical (unpaired) electrons. The normalized spacial score (nSPS) is 10.0. The number of hydrogen-bond donors (Lipinski definition) is 1. The number of benzene rings is 1. The van der Waals surface area contributed by atoms with Crippen LogP contribution in [0.4, 0.5) is 11.4 Å². The van der Waals surface area contributed by atoms with E-state index in [0.717, 1.165) is 5.69 Å². The Morgan fingerprint density at radius 2 is 2.10 bits per heavy atom. The highest BCUT2D eigenvalue weighted by atomic mass is 16.6. The Morgan fingerprint density at radius 3 is 2.67 bits per heavy atom. The molecule has 21 heavy (non-hydrogen) atoms. The Hall–Kier alpha value is -2.96. The molecule has 7 nitrogen and oxygen atoms in total. The number of amides is 1. The first-order valence-electron chi connectivity index (χ1n) is 6.07. The van der Waals surface area contributed by atoms with Gasteiger partial charge in [-0.25, -0.2) is 0 Å². The maximum absolute atomic E-state index is 12.1. The molecule has 1 N–H and O–H groups in total. The predicted molar refractivity (Wildman–Crippen MR) is 76.6 cm³/mol. The zero-order valence-corrected chi connectivity index (χ0v) is 11.5. The molecule has 0 aliphatic heterocycles. The van der Waals surface area contributed by atoms with Crippen molar-refractivity contribution in [1.29, 1.82) is 0 Å².